The summed E-state index contributed by atoms with van der Waals surface area (Å²) in [5.41, 5.74) is 2.50. The lowest BCUT2D eigenvalue weighted by Gasteiger charge is -2.37. The quantitative estimate of drug-likeness (QED) is 0.859. The van der Waals surface area contributed by atoms with E-state index in [0.717, 1.165) is 36.8 Å². The van der Waals surface area contributed by atoms with Gasteiger partial charge in [-0.25, -0.2) is 13.4 Å². The number of rotatable bonds is 3. The van der Waals surface area contributed by atoms with Gasteiger partial charge in [-0.15, -0.1) is 0 Å². The summed E-state index contributed by atoms with van der Waals surface area (Å²) < 4.78 is 23.0. The van der Waals surface area contributed by atoms with Gasteiger partial charge in [-0.05, 0) is 43.0 Å². The van der Waals surface area contributed by atoms with Crippen LogP contribution in [-0.2, 0) is 16.3 Å². The molecule has 0 spiro atoms. The predicted molar refractivity (Wildman–Crippen MR) is 93.0 cm³/mol. The summed E-state index contributed by atoms with van der Waals surface area (Å²) in [5.74, 6) is -0.137. The van der Waals surface area contributed by atoms with Gasteiger partial charge in [0.2, 0.25) is 0 Å². The van der Waals surface area contributed by atoms with Gasteiger partial charge < -0.3 is 4.90 Å². The average molecular weight is 344 g/mol. The molecule has 5 nitrogen and oxygen atoms in total. The molecule has 126 valence electrons. The van der Waals surface area contributed by atoms with Crippen LogP contribution in [-0.4, -0.2) is 31.6 Å². The first-order chi connectivity index (χ1) is 11.4. The topological polar surface area (TPSA) is 67.3 Å². The molecular formula is C18H20N2O3S. The molecule has 1 aliphatic rings. The van der Waals surface area contributed by atoms with Crippen LogP contribution in [0, 0.1) is 0 Å². The fourth-order valence-electron chi connectivity index (χ4n) is 3.13. The fraction of sp³-hybridized carbons (Fsp3) is 0.333. The second-order valence-corrected chi connectivity index (χ2v) is 8.02. The van der Waals surface area contributed by atoms with E-state index in [1.165, 1.54) is 18.3 Å². The van der Waals surface area contributed by atoms with Gasteiger partial charge in [-0.3, -0.25) is 4.79 Å². The molecule has 24 heavy (non-hydrogen) atoms. The highest BCUT2D eigenvalue weighted by Crippen LogP contribution is 2.33. The van der Waals surface area contributed by atoms with Crippen LogP contribution in [0.1, 0.15) is 35.7 Å². The lowest BCUT2D eigenvalue weighted by molar-refractivity contribution is 0.0971. The Hall–Kier alpha value is -2.21. The molecule has 6 heteroatoms. The molecule has 1 amide bonds. The molecule has 0 saturated heterocycles. The van der Waals surface area contributed by atoms with Crippen molar-refractivity contribution in [3.63, 3.8) is 0 Å². The minimum atomic E-state index is -3.37. The number of benzene rings is 1. The van der Waals surface area contributed by atoms with E-state index in [9.17, 15) is 13.2 Å². The first-order valence-electron chi connectivity index (χ1n) is 7.99. The maximum atomic E-state index is 13.0. The Kier molecular flexibility index (Phi) is 4.41. The summed E-state index contributed by atoms with van der Waals surface area (Å²) in [7, 11) is -3.37. The van der Waals surface area contributed by atoms with Crippen LogP contribution in [0.3, 0.4) is 0 Å². The molecule has 0 bridgehead atoms. The zero-order valence-corrected chi connectivity index (χ0v) is 14.6. The standard InChI is InChI=1S/C18H20N2O3S/c1-3-15-10-8-13-6-4-5-7-16(13)20(15)18(21)14-9-11-17(19-12-14)24(2,22)23/h4-7,9,11-12,15H,3,8,10H2,1-2H3. The van der Waals surface area contributed by atoms with Crippen LogP contribution in [0.2, 0.25) is 0 Å². The maximum Gasteiger partial charge on any atom is 0.260 e. The van der Waals surface area contributed by atoms with Gasteiger partial charge in [0.1, 0.15) is 0 Å². The molecule has 1 aromatic carbocycles. The number of hydrogen-bond donors (Lipinski definition) is 0. The first-order valence-corrected chi connectivity index (χ1v) is 9.88. The molecule has 0 N–H and O–H groups in total. The zero-order chi connectivity index (χ0) is 17.3. The van der Waals surface area contributed by atoms with Crippen molar-refractivity contribution in [2.45, 2.75) is 37.3 Å². The smallest absolute Gasteiger partial charge is 0.260 e. The molecule has 0 aliphatic carbocycles. The van der Waals surface area contributed by atoms with Gasteiger partial charge in [0.25, 0.3) is 5.91 Å². The van der Waals surface area contributed by atoms with Gasteiger partial charge in [0, 0.05) is 24.2 Å². The number of carbonyl (C=O) groups excluding carboxylic acids is 1. The Labute approximate surface area is 142 Å². The van der Waals surface area contributed by atoms with Gasteiger partial charge in [0.05, 0.1) is 5.56 Å². The van der Waals surface area contributed by atoms with Crippen LogP contribution in [0.25, 0.3) is 0 Å². The van der Waals surface area contributed by atoms with E-state index in [1.54, 1.807) is 0 Å². The Morgan fingerprint density at radius 2 is 2.00 bits per heavy atom. The third-order valence-electron chi connectivity index (χ3n) is 4.42. The number of fused-ring (bicyclic) bond motifs is 1. The van der Waals surface area contributed by atoms with Crippen molar-refractivity contribution in [3.8, 4) is 0 Å². The molecule has 2 heterocycles. The number of hydrogen-bond acceptors (Lipinski definition) is 4. The summed E-state index contributed by atoms with van der Waals surface area (Å²) in [6.07, 6.45) is 5.21. The molecule has 3 rings (SSSR count). The van der Waals surface area contributed by atoms with Crippen LogP contribution in [0.15, 0.2) is 47.6 Å². The SMILES string of the molecule is CCC1CCc2ccccc2N1C(=O)c1ccc(S(C)(=O)=O)nc1. The lowest BCUT2D eigenvalue weighted by Crippen LogP contribution is -2.43. The highest BCUT2D eigenvalue weighted by atomic mass is 32.2. The average Bonchev–Trinajstić information content (AvgIpc) is 2.59. The summed E-state index contributed by atoms with van der Waals surface area (Å²) in [4.78, 5) is 18.8. The largest absolute Gasteiger partial charge is 0.305 e. The number of anilines is 1. The van der Waals surface area contributed by atoms with Crippen molar-refractivity contribution in [1.82, 2.24) is 4.98 Å². The number of para-hydroxylation sites is 1. The number of nitrogens with zero attached hydrogens (tertiary/aromatic N) is 2. The highest BCUT2D eigenvalue weighted by molar-refractivity contribution is 7.90. The zero-order valence-electron chi connectivity index (χ0n) is 13.8. The van der Waals surface area contributed by atoms with E-state index in [1.807, 2.05) is 29.2 Å². The molecule has 1 unspecified atom stereocenters. The number of sulfone groups is 1. The predicted octanol–water partition coefficient (Wildman–Crippen LogP) is 2.86. The summed E-state index contributed by atoms with van der Waals surface area (Å²) in [6, 6.07) is 11.0. The van der Waals surface area contributed by atoms with Crippen molar-refractivity contribution in [3.05, 3.63) is 53.7 Å². The summed E-state index contributed by atoms with van der Waals surface area (Å²) in [5, 5.41) is -0.0230. The Morgan fingerprint density at radius 3 is 2.62 bits per heavy atom. The van der Waals surface area contributed by atoms with E-state index in [2.05, 4.69) is 11.9 Å². The second kappa shape index (κ2) is 6.36. The monoisotopic (exact) mass is 344 g/mol. The highest BCUT2D eigenvalue weighted by Gasteiger charge is 2.30. The van der Waals surface area contributed by atoms with Crippen LogP contribution < -0.4 is 4.90 Å². The van der Waals surface area contributed by atoms with E-state index in [4.69, 9.17) is 0 Å². The van der Waals surface area contributed by atoms with Crippen LogP contribution >= 0.6 is 0 Å². The van der Waals surface area contributed by atoms with E-state index in [-0.39, 0.29) is 17.0 Å². The van der Waals surface area contributed by atoms with Crippen LogP contribution in [0.5, 0.6) is 0 Å². The second-order valence-electron chi connectivity index (χ2n) is 6.06. The van der Waals surface area contributed by atoms with Crippen molar-refractivity contribution in [2.75, 3.05) is 11.2 Å². The van der Waals surface area contributed by atoms with Crippen LogP contribution in [0.4, 0.5) is 5.69 Å². The molecule has 2 aromatic rings. The molecule has 0 radical (unpaired) electrons. The minimum absolute atomic E-state index is 0.0230. The summed E-state index contributed by atoms with van der Waals surface area (Å²) >= 11 is 0. The number of carbonyl (C=O) groups is 1. The van der Waals surface area contributed by atoms with Crippen molar-refractivity contribution in [2.24, 2.45) is 0 Å². The number of pyridine rings is 1. The molecule has 1 atom stereocenters. The van der Waals surface area contributed by atoms with Gasteiger partial charge in [-0.2, -0.15) is 0 Å². The number of amides is 1. The maximum absolute atomic E-state index is 13.0. The fourth-order valence-corrected chi connectivity index (χ4v) is 3.69. The normalized spacial score (nSPS) is 17.4. The Morgan fingerprint density at radius 1 is 1.25 bits per heavy atom. The number of aromatic nitrogens is 1. The molecule has 0 saturated carbocycles. The molecule has 1 aromatic heterocycles. The van der Waals surface area contributed by atoms with Crippen molar-refractivity contribution < 1.29 is 13.2 Å². The third-order valence-corrected chi connectivity index (χ3v) is 5.42. The Bertz CT molecular complexity index is 860. The first kappa shape index (κ1) is 16.6. The minimum Gasteiger partial charge on any atom is -0.305 e. The number of aryl methyl sites for hydroxylation is 1. The van der Waals surface area contributed by atoms with E-state index < -0.39 is 9.84 Å². The molecule has 0 fully saturated rings. The Balaban J connectivity index is 1.99. The third kappa shape index (κ3) is 3.06. The van der Waals surface area contributed by atoms with E-state index >= 15 is 0 Å². The van der Waals surface area contributed by atoms with Crippen molar-refractivity contribution >= 4 is 21.4 Å². The van der Waals surface area contributed by atoms with Gasteiger partial charge in [0.15, 0.2) is 14.9 Å². The lowest BCUT2D eigenvalue weighted by atomic mass is 9.93. The summed E-state index contributed by atoms with van der Waals surface area (Å²) in [6.45, 7) is 2.07. The molecular weight excluding hydrogens is 324 g/mol. The van der Waals surface area contributed by atoms with Gasteiger partial charge >= 0.3 is 0 Å². The van der Waals surface area contributed by atoms with Crippen molar-refractivity contribution in [1.29, 1.82) is 0 Å². The molecule has 1 aliphatic heterocycles. The van der Waals surface area contributed by atoms with Gasteiger partial charge in [-0.1, -0.05) is 25.1 Å². The van der Waals surface area contributed by atoms with E-state index in [0.29, 0.717) is 5.56 Å².